The lowest BCUT2D eigenvalue weighted by Crippen LogP contribution is -2.14. The molecule has 0 amide bonds. The summed E-state index contributed by atoms with van der Waals surface area (Å²) in [7, 11) is 0. The molecule has 0 saturated carbocycles. The molecule has 3 nitrogen and oxygen atoms in total. The molecule has 0 radical (unpaired) electrons. The lowest BCUT2D eigenvalue weighted by atomic mass is 10.1. The van der Waals surface area contributed by atoms with Crippen LogP contribution in [0.3, 0.4) is 0 Å². The lowest BCUT2D eigenvalue weighted by molar-refractivity contribution is -0.137. The number of aromatic nitrogens is 2. The van der Waals surface area contributed by atoms with Crippen LogP contribution in [0.5, 0.6) is 0 Å². The fourth-order valence-electron chi connectivity index (χ4n) is 1.72. The molecule has 0 N–H and O–H groups in total. The van der Waals surface area contributed by atoms with Gasteiger partial charge in [-0.15, -0.1) is 0 Å². The van der Waals surface area contributed by atoms with Crippen LogP contribution < -0.4 is 0 Å². The minimum Gasteiger partial charge on any atom is -0.270 e. The van der Waals surface area contributed by atoms with Crippen LogP contribution in [-0.4, -0.2) is 15.5 Å². The van der Waals surface area contributed by atoms with Crippen molar-refractivity contribution in [1.29, 1.82) is 0 Å². The fourth-order valence-corrected chi connectivity index (χ4v) is 1.72. The van der Waals surface area contributed by atoms with Gasteiger partial charge in [0, 0.05) is 24.4 Å². The van der Waals surface area contributed by atoms with Crippen molar-refractivity contribution >= 4 is 5.91 Å². The maximum atomic E-state index is 12.4. The van der Waals surface area contributed by atoms with E-state index in [0.717, 1.165) is 12.1 Å². The van der Waals surface area contributed by atoms with E-state index >= 15 is 0 Å². The summed E-state index contributed by atoms with van der Waals surface area (Å²) >= 11 is 0. The quantitative estimate of drug-likeness (QED) is 0.838. The van der Waals surface area contributed by atoms with Crippen molar-refractivity contribution in [3.63, 3.8) is 0 Å². The van der Waals surface area contributed by atoms with E-state index in [4.69, 9.17) is 0 Å². The number of hydrogen-bond acceptors (Lipinski definition) is 2. The van der Waals surface area contributed by atoms with Crippen LogP contribution in [0, 0.1) is 0 Å². The molecule has 0 bridgehead atoms. The van der Waals surface area contributed by atoms with E-state index in [1.165, 1.54) is 29.1 Å². The molecule has 2 aromatic rings. The van der Waals surface area contributed by atoms with Gasteiger partial charge in [0.25, 0.3) is 5.91 Å². The number of hydrogen-bond donors (Lipinski definition) is 0. The van der Waals surface area contributed by atoms with Crippen LogP contribution in [0.15, 0.2) is 36.7 Å². The molecule has 0 atom stereocenters. The van der Waals surface area contributed by atoms with Gasteiger partial charge in [-0.25, -0.2) is 4.98 Å². The zero-order valence-corrected chi connectivity index (χ0v) is 10.1. The molecule has 19 heavy (non-hydrogen) atoms. The number of aryl methyl sites for hydroxylation is 1. The monoisotopic (exact) mass is 268 g/mol. The molecular formula is C13H11F3N2O. The summed E-state index contributed by atoms with van der Waals surface area (Å²) in [5, 5.41) is 0. The first kappa shape index (κ1) is 13.3. The summed E-state index contributed by atoms with van der Waals surface area (Å²) in [6.45, 7) is 1.85. The van der Waals surface area contributed by atoms with Crippen molar-refractivity contribution < 1.29 is 18.0 Å². The van der Waals surface area contributed by atoms with Crippen molar-refractivity contribution in [3.8, 4) is 0 Å². The van der Waals surface area contributed by atoms with E-state index < -0.39 is 11.7 Å². The molecule has 2 rings (SSSR count). The van der Waals surface area contributed by atoms with E-state index in [0.29, 0.717) is 12.2 Å². The van der Waals surface area contributed by atoms with Crippen LogP contribution in [0.4, 0.5) is 13.2 Å². The van der Waals surface area contributed by atoms with Gasteiger partial charge in [0.15, 0.2) is 0 Å². The third-order valence-corrected chi connectivity index (χ3v) is 2.71. The van der Waals surface area contributed by atoms with Gasteiger partial charge in [0.1, 0.15) is 5.82 Å². The van der Waals surface area contributed by atoms with E-state index in [2.05, 4.69) is 4.98 Å². The molecule has 0 saturated heterocycles. The average Bonchev–Trinajstić information content (AvgIpc) is 2.85. The highest BCUT2D eigenvalue weighted by atomic mass is 19.4. The van der Waals surface area contributed by atoms with E-state index in [1.54, 1.807) is 0 Å². The Kier molecular flexibility index (Phi) is 3.42. The molecule has 100 valence electrons. The van der Waals surface area contributed by atoms with Crippen LogP contribution >= 0.6 is 0 Å². The predicted molar refractivity (Wildman–Crippen MR) is 62.8 cm³/mol. The largest absolute Gasteiger partial charge is 0.416 e. The van der Waals surface area contributed by atoms with E-state index in [1.807, 2.05) is 6.92 Å². The number of imidazole rings is 1. The van der Waals surface area contributed by atoms with Crippen LogP contribution in [0.1, 0.15) is 28.7 Å². The number of nitrogens with zero attached hydrogens (tertiary/aromatic N) is 2. The molecule has 1 heterocycles. The number of carbonyl (C=O) groups excluding carboxylic acids is 1. The standard InChI is InChI=1S/C13H11F3N2O/c1-2-11-17-7-8-18(11)12(19)9-3-5-10(6-4-9)13(14,15)16/h3-8H,2H2,1H3. The Balaban J connectivity index is 2.30. The first-order chi connectivity index (χ1) is 8.93. The van der Waals surface area contributed by atoms with Gasteiger partial charge in [0.05, 0.1) is 5.56 Å². The number of halogens is 3. The Morgan fingerprint density at radius 1 is 1.26 bits per heavy atom. The minimum absolute atomic E-state index is 0.195. The van der Waals surface area contributed by atoms with Crippen molar-refractivity contribution in [2.75, 3.05) is 0 Å². The van der Waals surface area contributed by atoms with Crippen molar-refractivity contribution in [3.05, 3.63) is 53.6 Å². The maximum Gasteiger partial charge on any atom is 0.416 e. The molecule has 0 fully saturated rings. The minimum atomic E-state index is -4.40. The van der Waals surface area contributed by atoms with Gasteiger partial charge in [-0.05, 0) is 24.3 Å². The van der Waals surface area contributed by atoms with Gasteiger partial charge in [-0.2, -0.15) is 13.2 Å². The molecule has 0 aliphatic carbocycles. The van der Waals surface area contributed by atoms with Gasteiger partial charge in [0.2, 0.25) is 0 Å². The third-order valence-electron chi connectivity index (χ3n) is 2.71. The normalized spacial score (nSPS) is 11.6. The molecule has 0 aliphatic heterocycles. The van der Waals surface area contributed by atoms with Crippen LogP contribution in [-0.2, 0) is 12.6 Å². The summed E-state index contributed by atoms with van der Waals surface area (Å²) in [5.41, 5.74) is -0.578. The summed E-state index contributed by atoms with van der Waals surface area (Å²) < 4.78 is 38.6. The van der Waals surface area contributed by atoms with Gasteiger partial charge in [-0.1, -0.05) is 6.92 Å². The second-order valence-corrected chi connectivity index (χ2v) is 3.95. The molecule has 1 aromatic carbocycles. The van der Waals surface area contributed by atoms with E-state index in [9.17, 15) is 18.0 Å². The summed E-state index contributed by atoms with van der Waals surface area (Å²) in [4.78, 5) is 16.1. The van der Waals surface area contributed by atoms with Gasteiger partial charge in [-0.3, -0.25) is 9.36 Å². The maximum absolute atomic E-state index is 12.4. The molecule has 0 unspecified atom stereocenters. The SMILES string of the molecule is CCc1nccn1C(=O)c1ccc(C(F)(F)F)cc1. The highest BCUT2D eigenvalue weighted by molar-refractivity contribution is 5.96. The number of rotatable bonds is 2. The summed E-state index contributed by atoms with van der Waals surface area (Å²) in [6.07, 6.45) is -0.843. The number of alkyl halides is 3. The molecule has 6 heteroatoms. The second-order valence-electron chi connectivity index (χ2n) is 3.95. The first-order valence-electron chi connectivity index (χ1n) is 5.67. The summed E-state index contributed by atoms with van der Waals surface area (Å²) in [5.74, 6) is 0.188. The summed E-state index contributed by atoms with van der Waals surface area (Å²) in [6, 6.07) is 4.14. The number of benzene rings is 1. The van der Waals surface area contributed by atoms with Crippen molar-refractivity contribution in [1.82, 2.24) is 9.55 Å². The average molecular weight is 268 g/mol. The van der Waals surface area contributed by atoms with Gasteiger partial charge < -0.3 is 0 Å². The molecule has 0 aliphatic rings. The van der Waals surface area contributed by atoms with E-state index in [-0.39, 0.29) is 11.5 Å². The van der Waals surface area contributed by atoms with Gasteiger partial charge >= 0.3 is 6.18 Å². The zero-order chi connectivity index (χ0) is 14.0. The van der Waals surface area contributed by atoms with Crippen molar-refractivity contribution in [2.24, 2.45) is 0 Å². The molecular weight excluding hydrogens is 257 g/mol. The predicted octanol–water partition coefficient (Wildman–Crippen LogP) is 3.15. The Bertz CT molecular complexity index is 585. The fraction of sp³-hybridized carbons (Fsp3) is 0.231. The van der Waals surface area contributed by atoms with Crippen LogP contribution in [0.2, 0.25) is 0 Å². The molecule has 1 aromatic heterocycles. The topological polar surface area (TPSA) is 34.9 Å². The Morgan fingerprint density at radius 2 is 1.89 bits per heavy atom. The first-order valence-corrected chi connectivity index (χ1v) is 5.67. The van der Waals surface area contributed by atoms with Crippen molar-refractivity contribution in [2.45, 2.75) is 19.5 Å². The number of carbonyl (C=O) groups is 1. The Morgan fingerprint density at radius 3 is 2.42 bits per heavy atom. The Hall–Kier alpha value is -2.11. The lowest BCUT2D eigenvalue weighted by Gasteiger charge is -2.08. The highest BCUT2D eigenvalue weighted by Crippen LogP contribution is 2.29. The smallest absolute Gasteiger partial charge is 0.270 e. The third kappa shape index (κ3) is 2.67. The second kappa shape index (κ2) is 4.87. The van der Waals surface area contributed by atoms with Crippen LogP contribution in [0.25, 0.3) is 0 Å². The zero-order valence-electron chi connectivity index (χ0n) is 10.1. The molecule has 0 spiro atoms. The Labute approximate surface area is 107 Å². The highest BCUT2D eigenvalue weighted by Gasteiger charge is 2.30.